The van der Waals surface area contributed by atoms with Gasteiger partial charge in [-0.2, -0.15) is 0 Å². The van der Waals surface area contributed by atoms with Gasteiger partial charge in [-0.05, 0) is 31.7 Å². The molecule has 8 nitrogen and oxygen atoms in total. The van der Waals surface area contributed by atoms with Crippen LogP contribution >= 0.6 is 0 Å². The Morgan fingerprint density at radius 3 is 2.47 bits per heavy atom. The van der Waals surface area contributed by atoms with E-state index < -0.39 is 6.09 Å². The molecule has 0 spiro atoms. The predicted molar refractivity (Wildman–Crippen MR) is 130 cm³/mol. The third-order valence-electron chi connectivity index (χ3n) is 6.26. The van der Waals surface area contributed by atoms with Crippen molar-refractivity contribution in [1.82, 2.24) is 19.9 Å². The van der Waals surface area contributed by atoms with Crippen molar-refractivity contribution >= 4 is 11.7 Å². The summed E-state index contributed by atoms with van der Waals surface area (Å²) in [6.45, 7) is 2.31. The van der Waals surface area contributed by atoms with Gasteiger partial charge < -0.3 is 20.5 Å². The topological polar surface area (TPSA) is 104 Å². The lowest BCUT2D eigenvalue weighted by molar-refractivity contribution is 0.200. The monoisotopic (exact) mass is 457 g/mol. The second-order valence-corrected chi connectivity index (χ2v) is 8.42. The van der Waals surface area contributed by atoms with Crippen molar-refractivity contribution < 1.29 is 14.3 Å². The zero-order chi connectivity index (χ0) is 23.7. The van der Waals surface area contributed by atoms with E-state index in [1.807, 2.05) is 37.3 Å². The van der Waals surface area contributed by atoms with E-state index in [1.54, 1.807) is 10.6 Å². The summed E-state index contributed by atoms with van der Waals surface area (Å²) >= 11 is 0. The van der Waals surface area contributed by atoms with Crippen LogP contribution in [0.2, 0.25) is 0 Å². The zero-order valence-electron chi connectivity index (χ0n) is 19.2. The highest BCUT2D eigenvalue weighted by atomic mass is 16.6. The maximum absolute atomic E-state index is 11.9. The first-order valence-electron chi connectivity index (χ1n) is 11.4. The molecule has 1 fully saturated rings. The Labute approximate surface area is 197 Å². The number of carbonyl (C=O) groups excluding carboxylic acids is 1. The molecule has 0 radical (unpaired) electrons. The number of nitrogens with zero attached hydrogens (tertiary/aromatic N) is 3. The van der Waals surface area contributed by atoms with Gasteiger partial charge in [0.1, 0.15) is 5.69 Å². The Bertz CT molecular complexity index is 1330. The van der Waals surface area contributed by atoms with Crippen LogP contribution in [0.15, 0.2) is 60.7 Å². The number of aromatic nitrogens is 3. The maximum atomic E-state index is 11.9. The Morgan fingerprint density at radius 1 is 1.12 bits per heavy atom. The highest BCUT2D eigenvalue weighted by Crippen LogP contribution is 2.40. The van der Waals surface area contributed by atoms with Gasteiger partial charge in [0.05, 0.1) is 12.3 Å². The summed E-state index contributed by atoms with van der Waals surface area (Å²) in [4.78, 5) is 16.8. The van der Waals surface area contributed by atoms with E-state index in [9.17, 15) is 4.79 Å². The van der Waals surface area contributed by atoms with E-state index in [-0.39, 0.29) is 11.4 Å². The van der Waals surface area contributed by atoms with Crippen molar-refractivity contribution in [2.75, 3.05) is 13.7 Å². The van der Waals surface area contributed by atoms with Crippen molar-refractivity contribution in [1.29, 1.82) is 0 Å². The number of nitrogens with two attached hydrogens (primary N) is 1. The van der Waals surface area contributed by atoms with E-state index in [0.717, 1.165) is 47.3 Å². The molecule has 2 aromatic carbocycles. The minimum Gasteiger partial charge on any atom is -0.490 e. The Morgan fingerprint density at radius 2 is 1.85 bits per heavy atom. The molecule has 2 heterocycles. The molecule has 3 N–H and O–H groups in total. The molecule has 0 atom stereocenters. The predicted octanol–water partition coefficient (Wildman–Crippen LogP) is 4.52. The molecule has 5 rings (SSSR count). The summed E-state index contributed by atoms with van der Waals surface area (Å²) in [6, 6.07) is 19.7. The van der Waals surface area contributed by atoms with Crippen molar-refractivity contribution in [3.63, 3.8) is 0 Å². The van der Waals surface area contributed by atoms with Gasteiger partial charge in [0.15, 0.2) is 11.4 Å². The third kappa shape index (κ3) is 3.86. The van der Waals surface area contributed by atoms with E-state index >= 15 is 0 Å². The maximum Gasteiger partial charge on any atom is 0.413 e. The zero-order valence-corrected chi connectivity index (χ0v) is 19.2. The molecule has 1 saturated carbocycles. The lowest BCUT2D eigenvalue weighted by atomic mass is 9.72. The van der Waals surface area contributed by atoms with Crippen LogP contribution in [-0.2, 0) is 5.54 Å². The molecule has 1 aliphatic carbocycles. The summed E-state index contributed by atoms with van der Waals surface area (Å²) in [5, 5.41) is 7.02. The number of rotatable bonds is 6. The number of imidazole rings is 1. The van der Waals surface area contributed by atoms with Crippen molar-refractivity contribution in [2.24, 2.45) is 5.73 Å². The van der Waals surface area contributed by atoms with Crippen LogP contribution in [0.3, 0.4) is 0 Å². The van der Waals surface area contributed by atoms with Gasteiger partial charge in [-0.15, -0.1) is 5.10 Å². The van der Waals surface area contributed by atoms with Crippen molar-refractivity contribution in [3.05, 3.63) is 66.2 Å². The van der Waals surface area contributed by atoms with Gasteiger partial charge in [-0.3, -0.25) is 0 Å². The van der Waals surface area contributed by atoms with Crippen molar-refractivity contribution in [3.8, 4) is 34.1 Å². The molecule has 2 aromatic heterocycles. The van der Waals surface area contributed by atoms with Gasteiger partial charge in [-0.25, -0.2) is 14.3 Å². The second-order valence-electron chi connectivity index (χ2n) is 8.42. The molecular formula is C26H27N5O3. The first-order chi connectivity index (χ1) is 16.5. The van der Waals surface area contributed by atoms with E-state index in [4.69, 9.17) is 20.2 Å². The standard InChI is InChI=1S/C26H27N5O3/c1-3-33-20-16-21(34-25(32)28-2)30-31-23(18-8-5-4-6-9-18)22(29-24(20)31)17-10-12-19(13-11-17)26(27)14-7-15-26/h4-6,8-13,16H,3,7,14-15,27H2,1-2H3,(H,28,32). The number of amides is 1. The highest BCUT2D eigenvalue weighted by molar-refractivity contribution is 5.83. The molecule has 4 aromatic rings. The molecule has 34 heavy (non-hydrogen) atoms. The molecule has 1 amide bonds. The van der Waals surface area contributed by atoms with E-state index in [0.29, 0.717) is 18.0 Å². The summed E-state index contributed by atoms with van der Waals surface area (Å²) in [5.74, 6) is 0.591. The molecule has 0 bridgehead atoms. The SMILES string of the molecule is CCOc1cc(OC(=O)NC)nn2c(-c3ccccc3)c(-c3ccc(C4(N)CCC4)cc3)nc12. The first kappa shape index (κ1) is 21.9. The van der Waals surface area contributed by atoms with Crippen LogP contribution < -0.4 is 20.5 Å². The number of hydrogen-bond donors (Lipinski definition) is 2. The fraction of sp³-hybridized carbons (Fsp3) is 0.269. The Balaban J connectivity index is 1.70. The summed E-state index contributed by atoms with van der Waals surface area (Å²) in [7, 11) is 1.49. The second kappa shape index (κ2) is 8.79. The minimum absolute atomic E-state index is 0.113. The van der Waals surface area contributed by atoms with Crippen LogP contribution in [0.1, 0.15) is 31.7 Å². The molecule has 0 saturated heterocycles. The first-order valence-corrected chi connectivity index (χ1v) is 11.4. The normalized spacial score (nSPS) is 14.4. The van der Waals surface area contributed by atoms with Gasteiger partial charge in [0.2, 0.25) is 5.88 Å². The average Bonchev–Trinajstić information content (AvgIpc) is 3.23. The quantitative estimate of drug-likeness (QED) is 0.441. The fourth-order valence-corrected chi connectivity index (χ4v) is 4.29. The highest BCUT2D eigenvalue weighted by Gasteiger charge is 2.34. The van der Waals surface area contributed by atoms with Crippen LogP contribution in [-0.4, -0.2) is 34.3 Å². The number of nitrogens with one attached hydrogen (secondary N) is 1. The number of hydrogen-bond acceptors (Lipinski definition) is 6. The number of carbonyl (C=O) groups is 1. The van der Waals surface area contributed by atoms with Crippen LogP contribution in [0.5, 0.6) is 11.6 Å². The fourth-order valence-electron chi connectivity index (χ4n) is 4.29. The van der Waals surface area contributed by atoms with E-state index in [1.165, 1.54) is 7.05 Å². The minimum atomic E-state index is -0.613. The smallest absolute Gasteiger partial charge is 0.413 e. The van der Waals surface area contributed by atoms with Crippen molar-refractivity contribution in [2.45, 2.75) is 31.7 Å². The molecule has 174 valence electrons. The van der Waals surface area contributed by atoms with Crippen LogP contribution in [0, 0.1) is 0 Å². The number of fused-ring (bicyclic) bond motifs is 1. The summed E-state index contributed by atoms with van der Waals surface area (Å²) in [5.41, 5.74) is 11.4. The Hall–Kier alpha value is -3.91. The molecule has 8 heteroatoms. The largest absolute Gasteiger partial charge is 0.490 e. The van der Waals surface area contributed by atoms with Gasteiger partial charge in [-0.1, -0.05) is 54.6 Å². The van der Waals surface area contributed by atoms with Gasteiger partial charge in [0.25, 0.3) is 0 Å². The number of benzene rings is 2. The molecular weight excluding hydrogens is 430 g/mol. The summed E-state index contributed by atoms with van der Waals surface area (Å²) < 4.78 is 12.9. The molecule has 0 aliphatic heterocycles. The van der Waals surface area contributed by atoms with Crippen LogP contribution in [0.25, 0.3) is 28.2 Å². The lowest BCUT2D eigenvalue weighted by Gasteiger charge is -2.38. The molecule has 0 unspecified atom stereocenters. The number of ether oxygens (including phenoxy) is 2. The summed E-state index contributed by atoms with van der Waals surface area (Å²) in [6.07, 6.45) is 2.56. The third-order valence-corrected chi connectivity index (χ3v) is 6.26. The van der Waals surface area contributed by atoms with Crippen LogP contribution in [0.4, 0.5) is 4.79 Å². The lowest BCUT2D eigenvalue weighted by Crippen LogP contribution is -2.43. The Kier molecular flexibility index (Phi) is 5.67. The van der Waals surface area contributed by atoms with Gasteiger partial charge >= 0.3 is 6.09 Å². The van der Waals surface area contributed by atoms with Gasteiger partial charge in [0, 0.05) is 29.8 Å². The molecule has 1 aliphatic rings. The average molecular weight is 458 g/mol. The van der Waals surface area contributed by atoms with E-state index in [2.05, 4.69) is 34.7 Å².